The van der Waals surface area contributed by atoms with Crippen LogP contribution in [0, 0.1) is 0 Å². The highest BCUT2D eigenvalue weighted by atomic mass is 16.2. The molecule has 1 aromatic carbocycles. The zero-order chi connectivity index (χ0) is 14.0. The molecular formula is C14H19N3O2. The molecule has 0 unspecified atom stereocenters. The van der Waals surface area contributed by atoms with E-state index in [1.807, 2.05) is 38.1 Å². The molecule has 1 N–H and O–H groups in total. The molecule has 0 saturated carbocycles. The quantitative estimate of drug-likeness (QED) is 0.900. The standard InChI is InChI=1S/C14H19N3O2/c1-4-10(2)15-13(18)9-17-12-8-6-5-7-11(12)16(3)14(17)19/h5-8,10H,4,9H2,1-3H3,(H,15,18)/t10-/m1/s1. The summed E-state index contributed by atoms with van der Waals surface area (Å²) < 4.78 is 3.07. The van der Waals surface area contributed by atoms with E-state index in [-0.39, 0.29) is 24.2 Å². The zero-order valence-electron chi connectivity index (χ0n) is 11.5. The highest BCUT2D eigenvalue weighted by Crippen LogP contribution is 2.11. The first-order chi connectivity index (χ1) is 9.04. The van der Waals surface area contributed by atoms with Crippen LogP contribution in [0.2, 0.25) is 0 Å². The van der Waals surface area contributed by atoms with Crippen LogP contribution in [0.4, 0.5) is 0 Å². The molecule has 5 nitrogen and oxygen atoms in total. The Balaban J connectivity index is 2.33. The lowest BCUT2D eigenvalue weighted by Gasteiger charge is -2.11. The number of nitrogens with one attached hydrogen (secondary N) is 1. The van der Waals surface area contributed by atoms with Crippen molar-refractivity contribution in [2.24, 2.45) is 7.05 Å². The Morgan fingerprint density at radius 3 is 2.58 bits per heavy atom. The third-order valence-electron chi connectivity index (χ3n) is 3.37. The van der Waals surface area contributed by atoms with Crippen LogP contribution < -0.4 is 11.0 Å². The maximum atomic E-state index is 12.1. The predicted octanol–water partition coefficient (Wildman–Crippen LogP) is 1.25. The molecule has 2 rings (SSSR count). The smallest absolute Gasteiger partial charge is 0.329 e. The summed E-state index contributed by atoms with van der Waals surface area (Å²) in [6, 6.07) is 7.60. The van der Waals surface area contributed by atoms with Crippen molar-refractivity contribution in [3.8, 4) is 0 Å². The van der Waals surface area contributed by atoms with Crippen molar-refractivity contribution in [1.82, 2.24) is 14.5 Å². The summed E-state index contributed by atoms with van der Waals surface area (Å²) in [6.07, 6.45) is 0.871. The number of imidazole rings is 1. The SMILES string of the molecule is CC[C@@H](C)NC(=O)Cn1c(=O)n(C)c2ccccc21. The monoisotopic (exact) mass is 261 g/mol. The number of para-hydroxylation sites is 2. The second kappa shape index (κ2) is 5.30. The number of amides is 1. The summed E-state index contributed by atoms with van der Waals surface area (Å²) in [6.45, 7) is 4.02. The van der Waals surface area contributed by atoms with Gasteiger partial charge in [-0.15, -0.1) is 0 Å². The van der Waals surface area contributed by atoms with Crippen molar-refractivity contribution in [1.29, 1.82) is 0 Å². The number of aromatic nitrogens is 2. The van der Waals surface area contributed by atoms with E-state index >= 15 is 0 Å². The minimum atomic E-state index is -0.166. The first-order valence-electron chi connectivity index (χ1n) is 6.48. The maximum absolute atomic E-state index is 12.1. The van der Waals surface area contributed by atoms with Crippen molar-refractivity contribution in [3.05, 3.63) is 34.7 Å². The second-order valence-corrected chi connectivity index (χ2v) is 4.79. The van der Waals surface area contributed by atoms with Crippen LogP contribution >= 0.6 is 0 Å². The molecule has 102 valence electrons. The molecule has 0 spiro atoms. The van der Waals surface area contributed by atoms with Crippen molar-refractivity contribution >= 4 is 16.9 Å². The molecule has 0 aliphatic carbocycles. The summed E-state index contributed by atoms with van der Waals surface area (Å²) in [4.78, 5) is 24.0. The fourth-order valence-corrected chi connectivity index (χ4v) is 2.08. The van der Waals surface area contributed by atoms with Crippen LogP contribution in [0.15, 0.2) is 29.1 Å². The Hall–Kier alpha value is -2.04. The molecule has 0 radical (unpaired) electrons. The Morgan fingerprint density at radius 2 is 1.95 bits per heavy atom. The minimum absolute atomic E-state index is 0.0600. The Kier molecular flexibility index (Phi) is 3.74. The summed E-state index contributed by atoms with van der Waals surface area (Å²) in [7, 11) is 1.72. The lowest BCUT2D eigenvalue weighted by Crippen LogP contribution is -2.37. The van der Waals surface area contributed by atoms with Crippen LogP contribution in [0.5, 0.6) is 0 Å². The molecule has 0 aliphatic heterocycles. The molecule has 19 heavy (non-hydrogen) atoms. The van der Waals surface area contributed by atoms with E-state index in [0.29, 0.717) is 0 Å². The highest BCUT2D eigenvalue weighted by molar-refractivity contribution is 5.81. The van der Waals surface area contributed by atoms with E-state index in [1.165, 1.54) is 4.57 Å². The minimum Gasteiger partial charge on any atom is -0.352 e. The van der Waals surface area contributed by atoms with E-state index < -0.39 is 0 Å². The van der Waals surface area contributed by atoms with Crippen molar-refractivity contribution in [2.75, 3.05) is 0 Å². The number of carbonyl (C=O) groups is 1. The van der Waals surface area contributed by atoms with Gasteiger partial charge in [0.1, 0.15) is 6.54 Å². The molecule has 0 saturated heterocycles. The van der Waals surface area contributed by atoms with Crippen LogP contribution in [0.25, 0.3) is 11.0 Å². The van der Waals surface area contributed by atoms with E-state index in [2.05, 4.69) is 5.32 Å². The Bertz CT molecular complexity index is 654. The van der Waals surface area contributed by atoms with Crippen molar-refractivity contribution < 1.29 is 4.79 Å². The van der Waals surface area contributed by atoms with Crippen LogP contribution in [-0.4, -0.2) is 21.1 Å². The van der Waals surface area contributed by atoms with Gasteiger partial charge in [0.15, 0.2) is 0 Å². The van der Waals surface area contributed by atoms with Crippen LogP contribution in [-0.2, 0) is 18.4 Å². The Morgan fingerprint density at radius 1 is 1.32 bits per heavy atom. The number of aryl methyl sites for hydroxylation is 1. The molecule has 5 heteroatoms. The summed E-state index contributed by atoms with van der Waals surface area (Å²) in [5, 5.41) is 2.87. The van der Waals surface area contributed by atoms with Crippen LogP contribution in [0.1, 0.15) is 20.3 Å². The van der Waals surface area contributed by atoms with Crippen molar-refractivity contribution in [2.45, 2.75) is 32.9 Å². The first kappa shape index (κ1) is 13.4. The number of nitrogens with zero attached hydrogens (tertiary/aromatic N) is 2. The third kappa shape index (κ3) is 2.54. The molecule has 2 aromatic rings. The van der Waals surface area contributed by atoms with Gasteiger partial charge in [-0.25, -0.2) is 4.79 Å². The molecule has 0 fully saturated rings. The van der Waals surface area contributed by atoms with Crippen molar-refractivity contribution in [3.63, 3.8) is 0 Å². The molecule has 1 atom stereocenters. The Labute approximate surface area is 111 Å². The summed E-state index contributed by atoms with van der Waals surface area (Å²) >= 11 is 0. The third-order valence-corrected chi connectivity index (χ3v) is 3.37. The van der Waals surface area contributed by atoms with Gasteiger partial charge in [-0.2, -0.15) is 0 Å². The van der Waals surface area contributed by atoms with Crippen LogP contribution in [0.3, 0.4) is 0 Å². The van der Waals surface area contributed by atoms with E-state index in [1.54, 1.807) is 11.6 Å². The molecule has 1 heterocycles. The van der Waals surface area contributed by atoms with Gasteiger partial charge in [-0.3, -0.25) is 13.9 Å². The largest absolute Gasteiger partial charge is 0.352 e. The summed E-state index contributed by atoms with van der Waals surface area (Å²) in [5.74, 6) is -0.132. The fourth-order valence-electron chi connectivity index (χ4n) is 2.08. The molecule has 0 aliphatic rings. The molecular weight excluding hydrogens is 242 g/mol. The number of carbonyl (C=O) groups excluding carboxylic acids is 1. The van der Waals surface area contributed by atoms with Gasteiger partial charge in [0.2, 0.25) is 5.91 Å². The first-order valence-corrected chi connectivity index (χ1v) is 6.48. The average Bonchev–Trinajstić information content (AvgIpc) is 2.64. The number of hydrogen-bond acceptors (Lipinski definition) is 2. The summed E-state index contributed by atoms with van der Waals surface area (Å²) in [5.41, 5.74) is 1.46. The number of hydrogen-bond donors (Lipinski definition) is 1. The fraction of sp³-hybridized carbons (Fsp3) is 0.429. The normalized spacial score (nSPS) is 12.6. The van der Waals surface area contributed by atoms with Gasteiger partial charge in [-0.05, 0) is 25.5 Å². The number of benzene rings is 1. The number of fused-ring (bicyclic) bond motifs is 1. The topological polar surface area (TPSA) is 56.0 Å². The highest BCUT2D eigenvalue weighted by Gasteiger charge is 2.13. The zero-order valence-corrected chi connectivity index (χ0v) is 11.5. The molecule has 1 amide bonds. The number of rotatable bonds is 4. The molecule has 1 aromatic heterocycles. The van der Waals surface area contributed by atoms with Gasteiger partial charge in [0.05, 0.1) is 11.0 Å². The second-order valence-electron chi connectivity index (χ2n) is 4.79. The molecule has 0 bridgehead atoms. The van der Waals surface area contributed by atoms with Gasteiger partial charge in [0, 0.05) is 13.1 Å². The van der Waals surface area contributed by atoms with Gasteiger partial charge in [0.25, 0.3) is 0 Å². The predicted molar refractivity (Wildman–Crippen MR) is 75.1 cm³/mol. The maximum Gasteiger partial charge on any atom is 0.329 e. The van der Waals surface area contributed by atoms with Gasteiger partial charge < -0.3 is 5.32 Å². The van der Waals surface area contributed by atoms with E-state index in [4.69, 9.17) is 0 Å². The average molecular weight is 261 g/mol. The van der Waals surface area contributed by atoms with E-state index in [0.717, 1.165) is 17.5 Å². The lowest BCUT2D eigenvalue weighted by molar-refractivity contribution is -0.122. The van der Waals surface area contributed by atoms with E-state index in [9.17, 15) is 9.59 Å². The lowest BCUT2D eigenvalue weighted by atomic mass is 10.2. The van der Waals surface area contributed by atoms with Gasteiger partial charge in [-0.1, -0.05) is 19.1 Å². The van der Waals surface area contributed by atoms with Gasteiger partial charge >= 0.3 is 5.69 Å².